The lowest BCUT2D eigenvalue weighted by Crippen LogP contribution is -2.54. The fourth-order valence-electron chi connectivity index (χ4n) is 5.88. The number of nitrogens with zero attached hydrogens (tertiary/aromatic N) is 9. The minimum atomic E-state index is -0.422. The predicted molar refractivity (Wildman–Crippen MR) is 147 cm³/mol. The van der Waals surface area contributed by atoms with Crippen molar-refractivity contribution in [2.24, 2.45) is 0 Å². The second-order valence-corrected chi connectivity index (χ2v) is 10.6. The van der Waals surface area contributed by atoms with E-state index in [9.17, 15) is 9.65 Å². The molecule has 0 aromatic carbocycles. The molecule has 3 aromatic rings. The van der Waals surface area contributed by atoms with Crippen molar-refractivity contribution in [3.8, 4) is 6.07 Å². The number of halogens is 1. The highest BCUT2D eigenvalue weighted by atomic mass is 19.1. The first kappa shape index (κ1) is 25.7. The summed E-state index contributed by atoms with van der Waals surface area (Å²) in [4.78, 5) is 18.8. The van der Waals surface area contributed by atoms with E-state index in [1.807, 2.05) is 13.0 Å². The molecule has 0 spiro atoms. The number of pyridine rings is 1. The Morgan fingerprint density at radius 3 is 2.62 bits per heavy atom. The molecule has 3 aromatic heterocycles. The van der Waals surface area contributed by atoms with Gasteiger partial charge in [-0.25, -0.2) is 13.9 Å². The number of piperazine rings is 2. The molecule has 3 fully saturated rings. The second kappa shape index (κ2) is 10.9. The van der Waals surface area contributed by atoms with Crippen LogP contribution < -0.4 is 20.0 Å². The molecule has 0 unspecified atom stereocenters. The van der Waals surface area contributed by atoms with E-state index in [-0.39, 0.29) is 12.2 Å². The number of morpholine rings is 1. The second-order valence-electron chi connectivity index (χ2n) is 10.6. The van der Waals surface area contributed by atoms with E-state index in [0.29, 0.717) is 24.3 Å². The molecule has 206 valence electrons. The van der Waals surface area contributed by atoms with Crippen LogP contribution in [0.5, 0.6) is 0 Å². The van der Waals surface area contributed by atoms with Gasteiger partial charge < -0.3 is 24.8 Å². The standard InChI is InChI=1S/C27H35FN10O/c1-19-13-25(33-27(32-19)36-7-5-30-6-8-36)35-11-9-34(10-12-35)17-22-18-37(16-20(2)39-22)24-4-3-21(14-29)38-26(24)23(28)15-31-38/h3-4,13,15,20,22,30H,5-12,16-18H2,1-2H3/t20-,22+/m1/s1. The summed E-state index contributed by atoms with van der Waals surface area (Å²) >= 11 is 0. The summed E-state index contributed by atoms with van der Waals surface area (Å²) in [6.45, 7) is 13.6. The molecule has 0 bridgehead atoms. The highest BCUT2D eigenvalue weighted by Crippen LogP contribution is 2.29. The van der Waals surface area contributed by atoms with Gasteiger partial charge in [0.1, 0.15) is 23.1 Å². The van der Waals surface area contributed by atoms with Gasteiger partial charge in [-0.15, -0.1) is 0 Å². The summed E-state index contributed by atoms with van der Waals surface area (Å²) in [6, 6.07) is 7.70. The number of hydrogen-bond donors (Lipinski definition) is 1. The van der Waals surface area contributed by atoms with Gasteiger partial charge in [0.05, 0.1) is 24.1 Å². The van der Waals surface area contributed by atoms with E-state index in [1.165, 1.54) is 10.7 Å². The van der Waals surface area contributed by atoms with Crippen molar-refractivity contribution >= 4 is 23.0 Å². The average Bonchev–Trinajstić information content (AvgIpc) is 3.34. The monoisotopic (exact) mass is 534 g/mol. The molecule has 2 atom stereocenters. The topological polar surface area (TPSA) is 101 Å². The molecule has 12 heteroatoms. The Hall–Kier alpha value is -3.53. The zero-order valence-corrected chi connectivity index (χ0v) is 22.6. The minimum Gasteiger partial charge on any atom is -0.370 e. The highest BCUT2D eigenvalue weighted by molar-refractivity contribution is 5.74. The van der Waals surface area contributed by atoms with Gasteiger partial charge in [0.25, 0.3) is 0 Å². The molecule has 0 saturated carbocycles. The number of aryl methyl sites for hydroxylation is 1. The number of ether oxygens (including phenoxy) is 1. The van der Waals surface area contributed by atoms with Gasteiger partial charge in [-0.3, -0.25) is 4.90 Å². The van der Waals surface area contributed by atoms with E-state index >= 15 is 0 Å². The molecule has 0 aliphatic carbocycles. The van der Waals surface area contributed by atoms with Crippen LogP contribution in [0, 0.1) is 24.1 Å². The fraction of sp³-hybridized carbons (Fsp3) is 0.556. The van der Waals surface area contributed by atoms with Crippen LogP contribution in [-0.4, -0.2) is 109 Å². The molecule has 3 aliphatic heterocycles. The van der Waals surface area contributed by atoms with Gasteiger partial charge in [0, 0.05) is 83.8 Å². The third-order valence-electron chi connectivity index (χ3n) is 7.76. The van der Waals surface area contributed by atoms with Gasteiger partial charge in [-0.2, -0.15) is 15.3 Å². The lowest BCUT2D eigenvalue weighted by atomic mass is 10.1. The lowest BCUT2D eigenvalue weighted by molar-refractivity contribution is -0.0327. The zero-order chi connectivity index (χ0) is 26.9. The third kappa shape index (κ3) is 5.34. The average molecular weight is 535 g/mol. The first-order chi connectivity index (χ1) is 19.0. The minimum absolute atomic E-state index is 0.000817. The van der Waals surface area contributed by atoms with Crippen LogP contribution in [0.1, 0.15) is 18.3 Å². The Morgan fingerprint density at radius 1 is 1.05 bits per heavy atom. The van der Waals surface area contributed by atoms with Crippen LogP contribution >= 0.6 is 0 Å². The Labute approximate surface area is 227 Å². The lowest BCUT2D eigenvalue weighted by Gasteiger charge is -2.42. The van der Waals surface area contributed by atoms with Gasteiger partial charge in [0.15, 0.2) is 5.82 Å². The van der Waals surface area contributed by atoms with Crippen molar-refractivity contribution < 1.29 is 9.13 Å². The first-order valence-electron chi connectivity index (χ1n) is 13.7. The Bertz CT molecular complexity index is 1360. The summed E-state index contributed by atoms with van der Waals surface area (Å²) in [6.07, 6.45) is 1.16. The van der Waals surface area contributed by atoms with E-state index in [4.69, 9.17) is 14.7 Å². The zero-order valence-electron chi connectivity index (χ0n) is 22.6. The molecule has 3 aliphatic rings. The van der Waals surface area contributed by atoms with Crippen LogP contribution in [0.2, 0.25) is 0 Å². The van der Waals surface area contributed by atoms with E-state index < -0.39 is 5.82 Å². The molecule has 39 heavy (non-hydrogen) atoms. The number of anilines is 3. The van der Waals surface area contributed by atoms with E-state index in [1.54, 1.807) is 6.07 Å². The Morgan fingerprint density at radius 2 is 1.85 bits per heavy atom. The molecule has 0 radical (unpaired) electrons. The molecular formula is C27H35FN10O. The van der Waals surface area contributed by atoms with Crippen molar-refractivity contribution in [1.29, 1.82) is 5.26 Å². The number of hydrogen-bond acceptors (Lipinski definition) is 10. The Balaban J connectivity index is 1.10. The fourth-order valence-corrected chi connectivity index (χ4v) is 5.88. The normalized spacial score (nSPS) is 22.9. The number of nitriles is 1. The van der Waals surface area contributed by atoms with E-state index in [2.05, 4.69) is 49.1 Å². The van der Waals surface area contributed by atoms with Gasteiger partial charge in [-0.1, -0.05) is 0 Å². The summed E-state index contributed by atoms with van der Waals surface area (Å²) < 4.78 is 22.4. The SMILES string of the molecule is Cc1cc(N2CCN(C[C@H]3CN(c4ccc(C#N)n5ncc(F)c45)C[C@@H](C)O3)CC2)nc(N2CCNCC2)n1. The molecular weight excluding hydrogens is 499 g/mol. The summed E-state index contributed by atoms with van der Waals surface area (Å²) in [7, 11) is 0. The molecule has 11 nitrogen and oxygen atoms in total. The van der Waals surface area contributed by atoms with Crippen molar-refractivity contribution in [1.82, 2.24) is 29.8 Å². The maximum Gasteiger partial charge on any atom is 0.227 e. The smallest absolute Gasteiger partial charge is 0.227 e. The molecule has 6 rings (SSSR count). The number of aromatic nitrogens is 4. The van der Waals surface area contributed by atoms with Crippen LogP contribution in [-0.2, 0) is 4.74 Å². The van der Waals surface area contributed by atoms with Crippen molar-refractivity contribution in [3.05, 3.63) is 41.6 Å². The van der Waals surface area contributed by atoms with Crippen LogP contribution in [0.3, 0.4) is 0 Å². The predicted octanol–water partition coefficient (Wildman–Crippen LogP) is 1.27. The van der Waals surface area contributed by atoms with Gasteiger partial charge >= 0.3 is 0 Å². The third-order valence-corrected chi connectivity index (χ3v) is 7.76. The quantitative estimate of drug-likeness (QED) is 0.515. The number of nitrogens with one attached hydrogen (secondary N) is 1. The molecule has 3 saturated heterocycles. The molecule has 1 N–H and O–H groups in total. The number of fused-ring (bicyclic) bond motifs is 1. The summed E-state index contributed by atoms with van der Waals surface area (Å²) in [5.74, 6) is 1.40. The Kier molecular flexibility index (Phi) is 7.20. The maximum atomic E-state index is 14.7. The van der Waals surface area contributed by atoms with Gasteiger partial charge in [-0.05, 0) is 26.0 Å². The molecule has 6 heterocycles. The van der Waals surface area contributed by atoms with E-state index in [0.717, 1.165) is 82.1 Å². The first-order valence-corrected chi connectivity index (χ1v) is 13.7. The van der Waals surface area contributed by atoms with Crippen molar-refractivity contribution in [3.63, 3.8) is 0 Å². The van der Waals surface area contributed by atoms with Gasteiger partial charge in [0.2, 0.25) is 5.95 Å². The highest BCUT2D eigenvalue weighted by Gasteiger charge is 2.30. The largest absolute Gasteiger partial charge is 0.370 e. The van der Waals surface area contributed by atoms with Crippen LogP contribution in [0.15, 0.2) is 24.4 Å². The molecule has 0 amide bonds. The summed E-state index contributed by atoms with van der Waals surface area (Å²) in [5.41, 5.74) is 2.39. The van der Waals surface area contributed by atoms with Crippen molar-refractivity contribution in [2.75, 3.05) is 86.7 Å². The van der Waals surface area contributed by atoms with Crippen molar-refractivity contribution in [2.45, 2.75) is 26.1 Å². The summed E-state index contributed by atoms with van der Waals surface area (Å²) in [5, 5.41) is 16.9. The van der Waals surface area contributed by atoms with Crippen LogP contribution in [0.25, 0.3) is 5.52 Å². The maximum absolute atomic E-state index is 14.7. The van der Waals surface area contributed by atoms with Crippen LogP contribution in [0.4, 0.5) is 21.8 Å². The number of rotatable bonds is 5.